The fourth-order valence-corrected chi connectivity index (χ4v) is 2.45. The van der Waals surface area contributed by atoms with Crippen LogP contribution < -0.4 is 10.6 Å². The van der Waals surface area contributed by atoms with Gasteiger partial charge in [0.25, 0.3) is 0 Å². The molecule has 0 amide bonds. The van der Waals surface area contributed by atoms with Crippen LogP contribution in [0, 0.1) is 6.92 Å². The summed E-state index contributed by atoms with van der Waals surface area (Å²) >= 11 is 0. The molecule has 1 heterocycles. The molecule has 18 heavy (non-hydrogen) atoms. The zero-order chi connectivity index (χ0) is 12.9. The van der Waals surface area contributed by atoms with Crippen molar-refractivity contribution in [3.05, 3.63) is 51.5 Å². The molecule has 0 saturated heterocycles. The summed E-state index contributed by atoms with van der Waals surface area (Å²) in [5.74, 6) is 1.36. The first kappa shape index (κ1) is 10.8. The lowest BCUT2D eigenvalue weighted by atomic mass is 9.97. The minimum Gasteiger partial charge on any atom is -0.512 e. The molecule has 1 aromatic rings. The van der Waals surface area contributed by atoms with Crippen molar-refractivity contribution in [1.82, 2.24) is 0 Å². The number of aliphatic hydroxyl groups excluding tert-OH is 1. The average Bonchev–Trinajstić information content (AvgIpc) is 2.27. The summed E-state index contributed by atoms with van der Waals surface area (Å²) < 4.78 is 5.59. The Morgan fingerprint density at radius 1 is 1.28 bits per heavy atom. The number of hydrogen-bond donors (Lipinski definition) is 1. The van der Waals surface area contributed by atoms with Crippen LogP contribution in [0.2, 0.25) is 0 Å². The number of aliphatic hydroxyl groups is 1. The van der Waals surface area contributed by atoms with Crippen LogP contribution in [0.4, 0.5) is 0 Å². The van der Waals surface area contributed by atoms with Gasteiger partial charge in [-0.2, -0.15) is 0 Å². The van der Waals surface area contributed by atoms with Crippen LogP contribution in [0.15, 0.2) is 39.5 Å². The predicted molar refractivity (Wildman–Crippen MR) is 70.8 cm³/mol. The number of rotatable bonds is 0. The van der Waals surface area contributed by atoms with E-state index in [1.54, 1.807) is 0 Å². The largest absolute Gasteiger partial charge is 0.512 e. The Bertz CT molecular complexity index is 823. The van der Waals surface area contributed by atoms with Gasteiger partial charge in [-0.3, -0.25) is 4.79 Å². The standard InChI is InChI=1S/C15H12O3/c1-8-6-10-4-3-5-11-14(9(2)16)12(17)7-13(18-8)15(10)11/h3-7,16H,1-2H3/b14-9+. The molecule has 1 N–H and O–H groups in total. The van der Waals surface area contributed by atoms with Gasteiger partial charge in [-0.15, -0.1) is 0 Å². The van der Waals surface area contributed by atoms with Crippen molar-refractivity contribution in [2.24, 2.45) is 0 Å². The Labute approximate surface area is 103 Å². The van der Waals surface area contributed by atoms with Crippen molar-refractivity contribution in [2.45, 2.75) is 13.8 Å². The lowest BCUT2D eigenvalue weighted by molar-refractivity contribution is 0.499. The predicted octanol–water partition coefficient (Wildman–Crippen LogP) is 2.61. The van der Waals surface area contributed by atoms with Crippen LogP contribution in [0.5, 0.6) is 0 Å². The first-order valence-corrected chi connectivity index (χ1v) is 5.73. The van der Waals surface area contributed by atoms with Gasteiger partial charge in [0, 0.05) is 17.0 Å². The van der Waals surface area contributed by atoms with Crippen LogP contribution >= 0.6 is 0 Å². The van der Waals surface area contributed by atoms with Gasteiger partial charge in [-0.05, 0) is 25.3 Å². The zero-order valence-electron chi connectivity index (χ0n) is 10.2. The van der Waals surface area contributed by atoms with Gasteiger partial charge in [0.05, 0.1) is 5.22 Å². The molecule has 0 aromatic heterocycles. The molecule has 0 spiro atoms. The first-order chi connectivity index (χ1) is 8.58. The van der Waals surface area contributed by atoms with E-state index in [4.69, 9.17) is 4.42 Å². The van der Waals surface area contributed by atoms with E-state index >= 15 is 0 Å². The van der Waals surface area contributed by atoms with Crippen molar-refractivity contribution in [1.29, 1.82) is 0 Å². The normalized spacial score (nSPS) is 13.2. The van der Waals surface area contributed by atoms with E-state index in [0.29, 0.717) is 11.0 Å². The quantitative estimate of drug-likeness (QED) is 0.657. The first-order valence-electron chi connectivity index (χ1n) is 5.73. The summed E-state index contributed by atoms with van der Waals surface area (Å²) in [7, 11) is 0. The lowest BCUT2D eigenvalue weighted by Gasteiger charge is -2.11. The van der Waals surface area contributed by atoms with Gasteiger partial charge in [0.1, 0.15) is 17.3 Å². The molecule has 3 nitrogen and oxygen atoms in total. The highest BCUT2D eigenvalue weighted by molar-refractivity contribution is 5.96. The number of hydrogen-bond acceptors (Lipinski definition) is 3. The number of aryl methyl sites for hydroxylation is 1. The van der Waals surface area contributed by atoms with Crippen molar-refractivity contribution < 1.29 is 9.52 Å². The molecule has 2 aliphatic rings. The Kier molecular flexibility index (Phi) is 2.17. The summed E-state index contributed by atoms with van der Waals surface area (Å²) in [4.78, 5) is 12.0. The highest BCUT2D eigenvalue weighted by Crippen LogP contribution is 2.30. The minimum atomic E-state index is -0.218. The van der Waals surface area contributed by atoms with Gasteiger partial charge in [0.15, 0.2) is 5.43 Å². The van der Waals surface area contributed by atoms with E-state index in [1.165, 1.54) is 13.0 Å². The molecule has 0 radical (unpaired) electrons. The van der Waals surface area contributed by atoms with E-state index in [2.05, 4.69) is 0 Å². The second kappa shape index (κ2) is 3.60. The molecule has 1 aliphatic heterocycles. The topological polar surface area (TPSA) is 50.4 Å². The van der Waals surface area contributed by atoms with Gasteiger partial charge in [0.2, 0.25) is 0 Å². The van der Waals surface area contributed by atoms with E-state index in [-0.39, 0.29) is 11.2 Å². The molecular formula is C15H12O3. The number of benzene rings is 2. The van der Waals surface area contributed by atoms with E-state index in [9.17, 15) is 9.90 Å². The van der Waals surface area contributed by atoms with Crippen LogP contribution in [0.25, 0.3) is 27.9 Å². The Morgan fingerprint density at radius 2 is 2.06 bits per heavy atom. The molecule has 1 aliphatic carbocycles. The molecule has 1 aromatic carbocycles. The summed E-state index contributed by atoms with van der Waals surface area (Å²) in [6, 6.07) is 9.05. The van der Waals surface area contributed by atoms with Crippen molar-refractivity contribution in [2.75, 3.05) is 0 Å². The smallest absolute Gasteiger partial charge is 0.193 e. The van der Waals surface area contributed by atoms with Gasteiger partial charge >= 0.3 is 0 Å². The van der Waals surface area contributed by atoms with Crippen LogP contribution in [0.1, 0.15) is 12.7 Å². The molecular weight excluding hydrogens is 228 g/mol. The second-order valence-electron chi connectivity index (χ2n) is 4.46. The molecule has 3 rings (SSSR count). The third-order valence-electron chi connectivity index (χ3n) is 3.11. The molecule has 3 heteroatoms. The monoisotopic (exact) mass is 240 g/mol. The molecule has 0 fully saturated rings. The zero-order valence-corrected chi connectivity index (χ0v) is 10.2. The highest BCUT2D eigenvalue weighted by Gasteiger charge is 2.15. The Balaban J connectivity index is 2.73. The highest BCUT2D eigenvalue weighted by atomic mass is 16.3. The Morgan fingerprint density at radius 3 is 2.78 bits per heavy atom. The van der Waals surface area contributed by atoms with Crippen molar-refractivity contribution in [3.8, 4) is 11.3 Å². The summed E-state index contributed by atoms with van der Waals surface area (Å²) in [6.45, 7) is 3.37. The second-order valence-corrected chi connectivity index (χ2v) is 4.46. The molecule has 0 unspecified atom stereocenters. The van der Waals surface area contributed by atoms with Crippen LogP contribution in [0.3, 0.4) is 0 Å². The maximum absolute atomic E-state index is 12.0. The SMILES string of the molecule is C/C(O)=c1\c(=O)cc2oc(C)cc3cccc1c3-2. The van der Waals surface area contributed by atoms with Crippen LogP contribution in [-0.2, 0) is 0 Å². The summed E-state index contributed by atoms with van der Waals surface area (Å²) in [5.41, 5.74) is 0.662. The fourth-order valence-electron chi connectivity index (χ4n) is 2.45. The molecule has 0 atom stereocenters. The maximum atomic E-state index is 12.0. The van der Waals surface area contributed by atoms with Gasteiger partial charge in [-0.1, -0.05) is 18.2 Å². The lowest BCUT2D eigenvalue weighted by Crippen LogP contribution is -2.27. The molecule has 90 valence electrons. The fraction of sp³-hybridized carbons (Fsp3) is 0.133. The van der Waals surface area contributed by atoms with Gasteiger partial charge in [-0.25, -0.2) is 0 Å². The van der Waals surface area contributed by atoms with Crippen molar-refractivity contribution in [3.63, 3.8) is 0 Å². The summed E-state index contributed by atoms with van der Waals surface area (Å²) in [5, 5.41) is 11.8. The Hall–Kier alpha value is -2.29. The molecule has 0 saturated carbocycles. The molecule has 0 bridgehead atoms. The third kappa shape index (κ3) is 1.40. The van der Waals surface area contributed by atoms with E-state index in [1.807, 2.05) is 31.2 Å². The van der Waals surface area contributed by atoms with Crippen molar-refractivity contribution >= 4 is 16.5 Å². The van der Waals surface area contributed by atoms with Gasteiger partial charge < -0.3 is 9.52 Å². The average molecular weight is 240 g/mol. The minimum absolute atomic E-state index is 0.0370. The summed E-state index contributed by atoms with van der Waals surface area (Å²) in [6.07, 6.45) is 0. The maximum Gasteiger partial charge on any atom is 0.193 e. The van der Waals surface area contributed by atoms with Crippen LogP contribution in [-0.4, -0.2) is 5.11 Å². The third-order valence-corrected chi connectivity index (χ3v) is 3.11. The van der Waals surface area contributed by atoms with E-state index < -0.39 is 0 Å². The van der Waals surface area contributed by atoms with E-state index in [0.717, 1.165) is 22.1 Å².